The van der Waals surface area contributed by atoms with E-state index in [1.165, 1.54) is 6.20 Å². The third-order valence-electron chi connectivity index (χ3n) is 4.15. The van der Waals surface area contributed by atoms with Crippen LogP contribution in [0.5, 0.6) is 5.88 Å². The largest absolute Gasteiger partial charge is 0.468 e. The Labute approximate surface area is 166 Å². The Bertz CT molecular complexity index is 778. The first kappa shape index (κ1) is 22.0. The molecule has 1 aliphatic rings. The van der Waals surface area contributed by atoms with Crippen molar-refractivity contribution in [3.8, 4) is 5.88 Å². The molecule has 1 aliphatic heterocycles. The highest BCUT2D eigenvalue weighted by atomic mass is 35.5. The summed E-state index contributed by atoms with van der Waals surface area (Å²) in [7, 11) is 0. The molecule has 2 N–H and O–H groups in total. The third kappa shape index (κ3) is 6.10. The summed E-state index contributed by atoms with van der Waals surface area (Å²) < 4.78 is 43.5. The molecule has 0 aliphatic carbocycles. The van der Waals surface area contributed by atoms with E-state index in [-0.39, 0.29) is 36.6 Å². The van der Waals surface area contributed by atoms with Gasteiger partial charge < -0.3 is 15.4 Å². The average Bonchev–Trinajstić information content (AvgIpc) is 3.15. The van der Waals surface area contributed by atoms with Gasteiger partial charge in [-0.1, -0.05) is 6.07 Å². The molecule has 3 heterocycles. The summed E-state index contributed by atoms with van der Waals surface area (Å²) in [5.74, 6) is -0.572. The van der Waals surface area contributed by atoms with Gasteiger partial charge in [-0.3, -0.25) is 9.48 Å². The minimum Gasteiger partial charge on any atom is -0.468 e. The van der Waals surface area contributed by atoms with E-state index >= 15 is 0 Å². The van der Waals surface area contributed by atoms with Gasteiger partial charge in [0.1, 0.15) is 5.69 Å². The Kier molecular flexibility index (Phi) is 7.64. The van der Waals surface area contributed by atoms with Crippen molar-refractivity contribution >= 4 is 18.3 Å². The monoisotopic (exact) mass is 419 g/mol. The Balaban J connectivity index is 0.00000280. The van der Waals surface area contributed by atoms with E-state index < -0.39 is 18.7 Å². The molecule has 1 atom stereocenters. The maximum absolute atomic E-state index is 12.3. The predicted molar refractivity (Wildman–Crippen MR) is 97.6 cm³/mol. The summed E-state index contributed by atoms with van der Waals surface area (Å²) in [6.45, 7) is 0.329. The summed E-state index contributed by atoms with van der Waals surface area (Å²) in [6, 6.07) is 4.94. The number of alkyl halides is 3. The van der Waals surface area contributed by atoms with E-state index in [1.54, 1.807) is 29.1 Å². The van der Waals surface area contributed by atoms with Gasteiger partial charge in [0.2, 0.25) is 5.88 Å². The molecule has 1 saturated heterocycles. The maximum atomic E-state index is 12.3. The third-order valence-corrected chi connectivity index (χ3v) is 4.15. The van der Waals surface area contributed by atoms with Crippen molar-refractivity contribution < 1.29 is 22.7 Å². The van der Waals surface area contributed by atoms with Gasteiger partial charge >= 0.3 is 6.18 Å². The minimum atomic E-state index is -4.46. The molecule has 1 fully saturated rings. The fourth-order valence-electron chi connectivity index (χ4n) is 2.83. The van der Waals surface area contributed by atoms with Crippen molar-refractivity contribution in [1.29, 1.82) is 0 Å². The number of carbonyl (C=O) groups excluding carboxylic acids is 1. The normalized spacial score (nSPS) is 16.9. The summed E-state index contributed by atoms with van der Waals surface area (Å²) >= 11 is 0. The van der Waals surface area contributed by atoms with Gasteiger partial charge in [-0.25, -0.2) is 4.98 Å². The zero-order chi connectivity index (χ0) is 19.3. The molecule has 0 radical (unpaired) electrons. The van der Waals surface area contributed by atoms with Crippen molar-refractivity contribution in [3.63, 3.8) is 0 Å². The molecule has 0 spiro atoms. The molecule has 2 aromatic rings. The Morgan fingerprint density at radius 1 is 1.39 bits per heavy atom. The first-order valence-corrected chi connectivity index (χ1v) is 8.60. The lowest BCUT2D eigenvalue weighted by Crippen LogP contribution is -2.32. The molecule has 28 heavy (non-hydrogen) atoms. The standard InChI is InChI=1S/C17H20F3N5O2.ClH/c18-17(19,20)11-27-16-12(3-1-7-22-16)9-23-15(26)14-5-8-25(24-14)13-4-2-6-21-10-13;/h1,3,5,7-8,13,21H,2,4,6,9-11H2,(H,23,26);1H. The number of hydrogen-bond acceptors (Lipinski definition) is 5. The quantitative estimate of drug-likeness (QED) is 0.752. The highest BCUT2D eigenvalue weighted by molar-refractivity contribution is 5.92. The lowest BCUT2D eigenvalue weighted by Gasteiger charge is -2.22. The van der Waals surface area contributed by atoms with Crippen molar-refractivity contribution in [2.24, 2.45) is 0 Å². The van der Waals surface area contributed by atoms with E-state index in [4.69, 9.17) is 4.74 Å². The van der Waals surface area contributed by atoms with Crippen molar-refractivity contribution in [2.75, 3.05) is 19.7 Å². The van der Waals surface area contributed by atoms with Gasteiger partial charge in [0.05, 0.1) is 6.04 Å². The Morgan fingerprint density at radius 3 is 2.93 bits per heavy atom. The number of piperidine rings is 1. The van der Waals surface area contributed by atoms with Crippen LogP contribution in [0, 0.1) is 0 Å². The summed E-state index contributed by atoms with van der Waals surface area (Å²) in [5.41, 5.74) is 0.605. The Morgan fingerprint density at radius 2 is 2.21 bits per heavy atom. The van der Waals surface area contributed by atoms with Crippen LogP contribution in [0.25, 0.3) is 0 Å². The summed E-state index contributed by atoms with van der Waals surface area (Å²) in [4.78, 5) is 16.1. The van der Waals surface area contributed by atoms with Gasteiger partial charge in [-0.15, -0.1) is 12.4 Å². The summed E-state index contributed by atoms with van der Waals surface area (Å²) in [5, 5.41) is 10.2. The lowest BCUT2D eigenvalue weighted by molar-refractivity contribution is -0.154. The molecule has 7 nitrogen and oxygen atoms in total. The van der Waals surface area contributed by atoms with Crippen LogP contribution in [0.4, 0.5) is 13.2 Å². The number of hydrogen-bond donors (Lipinski definition) is 2. The molecule has 11 heteroatoms. The van der Waals surface area contributed by atoms with Gasteiger partial charge in [0.15, 0.2) is 6.61 Å². The minimum absolute atomic E-state index is 0. The number of nitrogens with zero attached hydrogens (tertiary/aromatic N) is 3. The van der Waals surface area contributed by atoms with Crippen LogP contribution in [-0.2, 0) is 6.54 Å². The van der Waals surface area contributed by atoms with Crippen molar-refractivity contribution in [3.05, 3.63) is 41.9 Å². The highest BCUT2D eigenvalue weighted by Crippen LogP contribution is 2.20. The van der Waals surface area contributed by atoms with Crippen molar-refractivity contribution in [1.82, 2.24) is 25.4 Å². The van der Waals surface area contributed by atoms with Gasteiger partial charge in [0, 0.05) is 31.0 Å². The van der Waals surface area contributed by atoms with Crippen molar-refractivity contribution in [2.45, 2.75) is 31.6 Å². The molecule has 0 aromatic carbocycles. The number of halogens is 4. The number of aromatic nitrogens is 3. The van der Waals surface area contributed by atoms with Crippen LogP contribution in [0.1, 0.15) is 34.9 Å². The number of amides is 1. The van der Waals surface area contributed by atoms with Crippen LogP contribution in [0.3, 0.4) is 0 Å². The second-order valence-electron chi connectivity index (χ2n) is 6.24. The molecule has 154 valence electrons. The SMILES string of the molecule is Cl.O=C(NCc1cccnc1OCC(F)(F)F)c1ccn(C2CCCNC2)n1. The van der Waals surface area contributed by atoms with Crippen LogP contribution >= 0.6 is 12.4 Å². The number of nitrogens with one attached hydrogen (secondary N) is 2. The molecule has 1 unspecified atom stereocenters. The zero-order valence-electron chi connectivity index (χ0n) is 14.9. The maximum Gasteiger partial charge on any atom is 0.422 e. The van der Waals surface area contributed by atoms with Crippen LogP contribution in [-0.4, -0.2) is 46.5 Å². The number of carbonyl (C=O) groups is 1. The zero-order valence-corrected chi connectivity index (χ0v) is 15.7. The second-order valence-corrected chi connectivity index (χ2v) is 6.24. The predicted octanol–water partition coefficient (Wildman–Crippen LogP) is 2.50. The lowest BCUT2D eigenvalue weighted by atomic mass is 10.1. The van der Waals surface area contributed by atoms with E-state index in [0.29, 0.717) is 5.56 Å². The number of ether oxygens (including phenoxy) is 1. The molecule has 1 amide bonds. The van der Waals surface area contributed by atoms with E-state index in [2.05, 4.69) is 20.7 Å². The Hall–Kier alpha value is -2.33. The van der Waals surface area contributed by atoms with Crippen LogP contribution < -0.4 is 15.4 Å². The fourth-order valence-corrected chi connectivity index (χ4v) is 2.83. The smallest absolute Gasteiger partial charge is 0.422 e. The van der Waals surface area contributed by atoms with E-state index in [0.717, 1.165) is 25.9 Å². The van der Waals surface area contributed by atoms with Crippen LogP contribution in [0.15, 0.2) is 30.6 Å². The van der Waals surface area contributed by atoms with E-state index in [1.807, 2.05) is 0 Å². The van der Waals surface area contributed by atoms with Crippen LogP contribution in [0.2, 0.25) is 0 Å². The van der Waals surface area contributed by atoms with Gasteiger partial charge in [0.25, 0.3) is 5.91 Å². The first-order chi connectivity index (χ1) is 12.9. The molecular weight excluding hydrogens is 399 g/mol. The van der Waals surface area contributed by atoms with Gasteiger partial charge in [-0.05, 0) is 31.5 Å². The average molecular weight is 420 g/mol. The molecular formula is C17H21ClF3N5O2. The molecule has 3 rings (SSSR count). The number of pyridine rings is 1. The fraction of sp³-hybridized carbons (Fsp3) is 0.471. The number of rotatable bonds is 6. The van der Waals surface area contributed by atoms with E-state index in [9.17, 15) is 18.0 Å². The van der Waals surface area contributed by atoms with Gasteiger partial charge in [-0.2, -0.15) is 18.3 Å². The summed E-state index contributed by atoms with van der Waals surface area (Å²) in [6.07, 6.45) is 0.670. The topological polar surface area (TPSA) is 81.1 Å². The first-order valence-electron chi connectivity index (χ1n) is 8.60. The second kappa shape index (κ2) is 9.74. The molecule has 2 aromatic heterocycles. The molecule has 0 bridgehead atoms. The highest BCUT2D eigenvalue weighted by Gasteiger charge is 2.29. The molecule has 0 saturated carbocycles.